The molecule has 0 aliphatic carbocycles. The van der Waals surface area contributed by atoms with Crippen molar-refractivity contribution >= 4 is 28.6 Å². The van der Waals surface area contributed by atoms with Crippen LogP contribution < -0.4 is 5.32 Å². The van der Waals surface area contributed by atoms with Gasteiger partial charge < -0.3 is 14.4 Å². The summed E-state index contributed by atoms with van der Waals surface area (Å²) in [6.07, 6.45) is 4.34. The molecule has 0 aliphatic rings. The van der Waals surface area contributed by atoms with Crippen molar-refractivity contribution in [3.05, 3.63) is 46.1 Å². The summed E-state index contributed by atoms with van der Waals surface area (Å²) in [5, 5.41) is 16.8. The number of unbranched alkanes of at least 4 members (excludes halogenated alkanes) is 2. The van der Waals surface area contributed by atoms with Crippen molar-refractivity contribution in [2.24, 2.45) is 0 Å². The van der Waals surface area contributed by atoms with Crippen LogP contribution in [0, 0.1) is 0 Å². The van der Waals surface area contributed by atoms with Gasteiger partial charge in [0.2, 0.25) is 29.3 Å². The van der Waals surface area contributed by atoms with E-state index in [-0.39, 0.29) is 5.91 Å². The molecule has 0 bridgehead atoms. The molecule has 4 rings (SSSR count). The largest absolute Gasteiger partial charge is 0.356 e. The Kier molecular flexibility index (Phi) is 6.99. The number of nitrogens with one attached hydrogen (secondary N) is 1. The highest BCUT2D eigenvalue weighted by molar-refractivity contribution is 7.13. The molecule has 0 radical (unpaired) electrons. The summed E-state index contributed by atoms with van der Waals surface area (Å²) < 4.78 is 10.5. The highest BCUT2D eigenvalue weighted by Crippen LogP contribution is 2.22. The Morgan fingerprint density at radius 2 is 1.80 bits per heavy atom. The van der Waals surface area contributed by atoms with Gasteiger partial charge in [-0.2, -0.15) is 21.3 Å². The molecule has 30 heavy (non-hydrogen) atoms. The number of rotatable bonds is 11. The second kappa shape index (κ2) is 10.3. The lowest BCUT2D eigenvalue weighted by molar-refractivity contribution is -0.121. The zero-order chi connectivity index (χ0) is 20.6. The second-order valence-electron chi connectivity index (χ2n) is 6.67. The van der Waals surface area contributed by atoms with Crippen LogP contribution in [0.1, 0.15) is 37.5 Å². The summed E-state index contributed by atoms with van der Waals surface area (Å²) >= 11 is 3.17. The maximum Gasteiger partial charge on any atom is 0.227 e. The average molecular weight is 444 g/mol. The molecule has 4 heterocycles. The Labute approximate surface area is 181 Å². The number of thiophene rings is 2. The minimum absolute atomic E-state index is 0.0113. The molecular formula is C20H21N5O3S2. The van der Waals surface area contributed by atoms with E-state index in [1.807, 2.05) is 34.3 Å². The molecule has 1 amide bonds. The molecule has 4 aromatic heterocycles. The van der Waals surface area contributed by atoms with Gasteiger partial charge in [-0.15, -0.1) is 11.3 Å². The van der Waals surface area contributed by atoms with Crippen LogP contribution in [0.5, 0.6) is 0 Å². The van der Waals surface area contributed by atoms with Gasteiger partial charge in [-0.25, -0.2) is 0 Å². The summed E-state index contributed by atoms with van der Waals surface area (Å²) in [6.45, 7) is 0.646. The Hall–Kier alpha value is -2.85. The topological polar surface area (TPSA) is 107 Å². The van der Waals surface area contributed by atoms with Gasteiger partial charge in [-0.1, -0.05) is 22.8 Å². The van der Waals surface area contributed by atoms with E-state index in [9.17, 15) is 4.79 Å². The van der Waals surface area contributed by atoms with Gasteiger partial charge in [0.05, 0.1) is 4.88 Å². The van der Waals surface area contributed by atoms with Crippen LogP contribution in [0.3, 0.4) is 0 Å². The van der Waals surface area contributed by atoms with Crippen LogP contribution in [0.2, 0.25) is 0 Å². The Bertz CT molecular complexity index is 1040. The Balaban J connectivity index is 1.08. The number of carbonyl (C=O) groups is 1. The van der Waals surface area contributed by atoms with Gasteiger partial charge in [0.1, 0.15) is 0 Å². The van der Waals surface area contributed by atoms with E-state index in [1.165, 1.54) is 0 Å². The average Bonchev–Trinajstić information content (AvgIpc) is 3.56. The van der Waals surface area contributed by atoms with Crippen molar-refractivity contribution in [3.8, 4) is 22.1 Å². The highest BCUT2D eigenvalue weighted by Gasteiger charge is 2.11. The predicted octanol–water partition coefficient (Wildman–Crippen LogP) is 4.37. The predicted molar refractivity (Wildman–Crippen MR) is 114 cm³/mol. The number of carbonyl (C=O) groups excluding carboxylic acids is 1. The third-order valence-corrected chi connectivity index (χ3v) is 5.96. The van der Waals surface area contributed by atoms with E-state index in [1.54, 1.807) is 22.7 Å². The van der Waals surface area contributed by atoms with Crippen LogP contribution in [-0.4, -0.2) is 32.7 Å². The summed E-state index contributed by atoms with van der Waals surface area (Å²) in [6, 6.07) is 5.88. The first kappa shape index (κ1) is 20.4. The maximum absolute atomic E-state index is 12.0. The summed E-state index contributed by atoms with van der Waals surface area (Å²) in [4.78, 5) is 21.7. The summed E-state index contributed by atoms with van der Waals surface area (Å²) in [5.74, 6) is 2.34. The van der Waals surface area contributed by atoms with Gasteiger partial charge in [0.25, 0.3) is 0 Å². The van der Waals surface area contributed by atoms with Crippen molar-refractivity contribution in [2.75, 3.05) is 6.54 Å². The molecule has 0 spiro atoms. The molecule has 1 N–H and O–H groups in total. The fraction of sp³-hybridized carbons (Fsp3) is 0.350. The smallest absolute Gasteiger partial charge is 0.227 e. The first-order valence-corrected chi connectivity index (χ1v) is 11.6. The van der Waals surface area contributed by atoms with Gasteiger partial charge in [0.15, 0.2) is 0 Å². The molecular weight excluding hydrogens is 422 g/mol. The van der Waals surface area contributed by atoms with Gasteiger partial charge in [-0.05, 0) is 35.7 Å². The summed E-state index contributed by atoms with van der Waals surface area (Å²) in [5.41, 5.74) is 0.933. The molecule has 0 aromatic carbocycles. The minimum atomic E-state index is -0.0113. The van der Waals surface area contributed by atoms with E-state index in [4.69, 9.17) is 9.05 Å². The van der Waals surface area contributed by atoms with Crippen LogP contribution in [0.25, 0.3) is 22.1 Å². The van der Waals surface area contributed by atoms with Crippen LogP contribution in [-0.2, 0) is 17.6 Å². The number of aryl methyl sites for hydroxylation is 2. The second-order valence-corrected chi connectivity index (χ2v) is 8.40. The molecule has 0 saturated carbocycles. The van der Waals surface area contributed by atoms with Crippen LogP contribution in [0.15, 0.2) is 43.4 Å². The van der Waals surface area contributed by atoms with Crippen LogP contribution in [0.4, 0.5) is 0 Å². The Morgan fingerprint density at radius 1 is 0.967 bits per heavy atom. The molecule has 10 heteroatoms. The Morgan fingerprint density at radius 3 is 2.60 bits per heavy atom. The third kappa shape index (κ3) is 5.61. The SMILES string of the molecule is O=C(CCc1nc(-c2ccsc2)no1)NCCCCCc1nc(-c2cccs2)no1. The summed E-state index contributed by atoms with van der Waals surface area (Å²) in [7, 11) is 0. The lowest BCUT2D eigenvalue weighted by Gasteiger charge is -2.03. The molecule has 8 nitrogen and oxygen atoms in total. The molecule has 156 valence electrons. The lowest BCUT2D eigenvalue weighted by atomic mass is 10.2. The van der Waals surface area contributed by atoms with Crippen molar-refractivity contribution in [2.45, 2.75) is 38.5 Å². The van der Waals surface area contributed by atoms with Gasteiger partial charge in [-0.3, -0.25) is 4.79 Å². The molecule has 0 fully saturated rings. The number of hydrogen-bond donors (Lipinski definition) is 1. The molecule has 0 atom stereocenters. The fourth-order valence-corrected chi connectivity index (χ4v) is 4.13. The van der Waals surface area contributed by atoms with E-state index in [2.05, 4.69) is 25.6 Å². The molecule has 0 saturated heterocycles. The number of hydrogen-bond acceptors (Lipinski definition) is 9. The van der Waals surface area contributed by atoms with Gasteiger partial charge >= 0.3 is 0 Å². The molecule has 0 unspecified atom stereocenters. The van der Waals surface area contributed by atoms with Crippen molar-refractivity contribution in [1.29, 1.82) is 0 Å². The molecule has 4 aromatic rings. The van der Waals surface area contributed by atoms with Crippen LogP contribution >= 0.6 is 22.7 Å². The van der Waals surface area contributed by atoms with Crippen molar-refractivity contribution in [3.63, 3.8) is 0 Å². The highest BCUT2D eigenvalue weighted by atomic mass is 32.1. The maximum atomic E-state index is 12.0. The molecule has 0 aliphatic heterocycles. The minimum Gasteiger partial charge on any atom is -0.356 e. The van der Waals surface area contributed by atoms with Gasteiger partial charge in [0, 0.05) is 36.8 Å². The van der Waals surface area contributed by atoms with Crippen molar-refractivity contribution < 1.29 is 13.8 Å². The van der Waals surface area contributed by atoms with E-state index >= 15 is 0 Å². The van der Waals surface area contributed by atoms with Crippen molar-refractivity contribution in [1.82, 2.24) is 25.6 Å². The third-order valence-electron chi connectivity index (χ3n) is 4.41. The fourth-order valence-electron chi connectivity index (χ4n) is 2.84. The van der Waals surface area contributed by atoms with E-state index in [0.717, 1.165) is 36.1 Å². The lowest BCUT2D eigenvalue weighted by Crippen LogP contribution is -2.24. The number of aromatic nitrogens is 4. The standard InChI is InChI=1S/C20H21N5O3S2/c26-16(7-8-18-22-19(24-28-18)14-9-12-29-13-14)21-10-3-1-2-6-17-23-20(25-27-17)15-5-4-11-30-15/h4-5,9,11-13H,1-3,6-8,10H2,(H,21,26). The van der Waals surface area contributed by atoms with E-state index < -0.39 is 0 Å². The number of nitrogens with zero attached hydrogens (tertiary/aromatic N) is 4. The monoisotopic (exact) mass is 443 g/mol. The first-order valence-electron chi connectivity index (χ1n) is 9.76. The zero-order valence-corrected chi connectivity index (χ0v) is 17.9. The quantitative estimate of drug-likeness (QED) is 0.343. The van der Waals surface area contributed by atoms with E-state index in [0.29, 0.717) is 42.8 Å². The number of amides is 1. The first-order chi connectivity index (χ1) is 14.8. The zero-order valence-electron chi connectivity index (χ0n) is 16.2. The normalized spacial score (nSPS) is 11.1.